The van der Waals surface area contributed by atoms with Gasteiger partial charge in [-0.2, -0.15) is 0 Å². The van der Waals surface area contributed by atoms with Gasteiger partial charge in [0.25, 0.3) is 0 Å². The molecule has 9 heteroatoms. The predicted molar refractivity (Wildman–Crippen MR) is 96.0 cm³/mol. The van der Waals surface area contributed by atoms with E-state index >= 15 is 0 Å². The molecule has 9 nitrogen and oxygen atoms in total. The van der Waals surface area contributed by atoms with E-state index < -0.39 is 29.6 Å². The lowest BCUT2D eigenvalue weighted by molar-refractivity contribution is -0.136. The summed E-state index contributed by atoms with van der Waals surface area (Å²) < 4.78 is 0. The predicted octanol–water partition coefficient (Wildman–Crippen LogP) is 2.86. The van der Waals surface area contributed by atoms with Crippen LogP contribution in [0.25, 0.3) is 0 Å². The average Bonchev–Trinajstić information content (AvgIpc) is 2.55. The Kier molecular flexibility index (Phi) is 23.1. The van der Waals surface area contributed by atoms with Crippen LogP contribution < -0.4 is 0 Å². The zero-order valence-corrected chi connectivity index (χ0v) is 15.2. The van der Waals surface area contributed by atoms with Crippen LogP contribution in [0.1, 0.15) is 34.1 Å². The summed E-state index contributed by atoms with van der Waals surface area (Å²) in [5.41, 5.74) is 0.565. The lowest BCUT2D eigenvalue weighted by atomic mass is 10.3. The summed E-state index contributed by atoms with van der Waals surface area (Å²) in [6, 6.07) is 0. The van der Waals surface area contributed by atoms with Crippen molar-refractivity contribution in [1.82, 2.24) is 0 Å². The highest BCUT2D eigenvalue weighted by atomic mass is 16.4. The molecule has 0 aromatic rings. The molecule has 0 saturated carbocycles. The molecule has 0 aliphatic carbocycles. The molecule has 0 heterocycles. The Morgan fingerprint density at radius 3 is 1.27 bits per heavy atom. The van der Waals surface area contributed by atoms with Crippen molar-refractivity contribution in [3.8, 4) is 0 Å². The maximum Gasteiger partial charge on any atom is 0.370 e. The molecule has 5 N–H and O–H groups in total. The van der Waals surface area contributed by atoms with Crippen LogP contribution in [0.3, 0.4) is 0 Å². The molecule has 0 aromatic heterocycles. The van der Waals surface area contributed by atoms with Crippen LogP contribution in [-0.2, 0) is 19.2 Å². The number of carbonyl (C=O) groups is 4. The molecule has 0 rings (SSSR count). The SMILES string of the molecule is C/C=C(\C)C(=O)O.C=C(C)C(=O)O.C=CC(=O)O.CC/C=C(\O)C(=O)O. The maximum atomic E-state index is 9.86. The Balaban J connectivity index is -0.000000126. The Morgan fingerprint density at radius 2 is 1.23 bits per heavy atom. The van der Waals surface area contributed by atoms with Crippen LogP contribution in [-0.4, -0.2) is 49.4 Å². The van der Waals surface area contributed by atoms with Crippen molar-refractivity contribution >= 4 is 23.9 Å². The van der Waals surface area contributed by atoms with Crippen molar-refractivity contribution in [2.75, 3.05) is 0 Å². The van der Waals surface area contributed by atoms with Crippen LogP contribution in [0.5, 0.6) is 0 Å². The largest absolute Gasteiger partial charge is 0.502 e. The van der Waals surface area contributed by atoms with Crippen molar-refractivity contribution in [3.63, 3.8) is 0 Å². The van der Waals surface area contributed by atoms with E-state index in [9.17, 15) is 19.2 Å². The van der Waals surface area contributed by atoms with Gasteiger partial charge in [0.1, 0.15) is 0 Å². The average molecular weight is 374 g/mol. The van der Waals surface area contributed by atoms with Gasteiger partial charge in [-0.25, -0.2) is 19.2 Å². The number of rotatable bonds is 5. The molecule has 148 valence electrons. The van der Waals surface area contributed by atoms with Crippen molar-refractivity contribution in [2.24, 2.45) is 0 Å². The highest BCUT2D eigenvalue weighted by molar-refractivity contribution is 5.85. The minimum atomic E-state index is -1.27. The normalized spacial score (nSPS) is 9.54. The number of carboxylic acid groups (broad SMARTS) is 4. The summed E-state index contributed by atoms with van der Waals surface area (Å²) in [7, 11) is 0. The van der Waals surface area contributed by atoms with E-state index in [1.165, 1.54) is 13.0 Å². The first-order chi connectivity index (χ1) is 11.8. The van der Waals surface area contributed by atoms with E-state index in [4.69, 9.17) is 25.5 Å². The van der Waals surface area contributed by atoms with Gasteiger partial charge in [-0.05, 0) is 33.3 Å². The van der Waals surface area contributed by atoms with Gasteiger partial charge in [-0.1, -0.05) is 26.2 Å². The zero-order chi connectivity index (χ0) is 21.9. The van der Waals surface area contributed by atoms with Crippen molar-refractivity contribution in [1.29, 1.82) is 0 Å². The number of hydrogen-bond donors (Lipinski definition) is 5. The second kappa shape index (κ2) is 19.7. The Bertz CT molecular complexity index is 543. The van der Waals surface area contributed by atoms with E-state index in [0.717, 1.165) is 6.08 Å². The Morgan fingerprint density at radius 1 is 0.885 bits per heavy atom. The Labute approximate surface area is 151 Å². The van der Waals surface area contributed by atoms with Gasteiger partial charge < -0.3 is 25.5 Å². The van der Waals surface area contributed by atoms with Crippen LogP contribution in [0.2, 0.25) is 0 Å². The van der Waals surface area contributed by atoms with Gasteiger partial charge in [0.05, 0.1) is 0 Å². The maximum absolute atomic E-state index is 9.86. The summed E-state index contributed by atoms with van der Waals surface area (Å²) in [5, 5.41) is 40.0. The van der Waals surface area contributed by atoms with Crippen LogP contribution in [0, 0.1) is 0 Å². The van der Waals surface area contributed by atoms with Gasteiger partial charge in [-0.3, -0.25) is 0 Å². The summed E-state index contributed by atoms with van der Waals surface area (Å²) >= 11 is 0. The zero-order valence-electron chi connectivity index (χ0n) is 15.2. The van der Waals surface area contributed by atoms with Crippen molar-refractivity contribution in [3.05, 3.63) is 48.3 Å². The molecule has 0 bridgehead atoms. The minimum absolute atomic E-state index is 0.176. The standard InChI is InChI=1S/C5H8O3.C5H8O2.C4H6O2.C3H4O2/c1-2-3-4(6)5(7)8;1-3-4(2)5(6)7;1-3(2)4(5)6;1-2-3(4)5/h3,6H,2H2,1H3,(H,7,8);3H,1-2H3,(H,6,7);1H2,2H3,(H,5,6);2H,1H2,(H,4,5)/b4-3-;4-3+;;. The highest BCUT2D eigenvalue weighted by Crippen LogP contribution is 1.89. The lowest BCUT2D eigenvalue weighted by Gasteiger charge is -1.86. The third-order valence-corrected chi connectivity index (χ3v) is 1.93. The quantitative estimate of drug-likeness (QED) is 0.358. The second-order valence-electron chi connectivity index (χ2n) is 4.21. The molecule has 0 aromatic carbocycles. The molecule has 0 aliphatic rings. The molecule has 0 atom stereocenters. The summed E-state index contributed by atoms with van der Waals surface area (Å²) in [6.45, 7) is 12.6. The topological polar surface area (TPSA) is 169 Å². The van der Waals surface area contributed by atoms with E-state index in [-0.39, 0.29) is 5.57 Å². The second-order valence-corrected chi connectivity index (χ2v) is 4.21. The lowest BCUT2D eigenvalue weighted by Crippen LogP contribution is -1.97. The summed E-state index contributed by atoms with van der Waals surface area (Å²) in [6.07, 6.45) is 4.17. The molecular weight excluding hydrogens is 348 g/mol. The van der Waals surface area contributed by atoms with Gasteiger partial charge in [0.2, 0.25) is 0 Å². The van der Waals surface area contributed by atoms with E-state index in [2.05, 4.69) is 13.2 Å². The fourth-order valence-corrected chi connectivity index (χ4v) is 0.404. The summed E-state index contributed by atoms with van der Waals surface area (Å²) in [5.74, 6) is -4.61. The van der Waals surface area contributed by atoms with Crippen molar-refractivity contribution in [2.45, 2.75) is 34.1 Å². The minimum Gasteiger partial charge on any atom is -0.502 e. The number of carboxylic acids is 4. The first kappa shape index (κ1) is 30.5. The van der Waals surface area contributed by atoms with Gasteiger partial charge >= 0.3 is 23.9 Å². The molecule has 0 aliphatic heterocycles. The van der Waals surface area contributed by atoms with Crippen LogP contribution >= 0.6 is 0 Å². The third-order valence-electron chi connectivity index (χ3n) is 1.93. The molecule has 0 saturated heterocycles. The van der Waals surface area contributed by atoms with Gasteiger partial charge in [-0.15, -0.1) is 0 Å². The van der Waals surface area contributed by atoms with Crippen molar-refractivity contribution < 1.29 is 44.7 Å². The Hall–Kier alpha value is -3.36. The van der Waals surface area contributed by atoms with Crippen LogP contribution in [0.4, 0.5) is 0 Å². The molecule has 0 fully saturated rings. The first-order valence-corrected chi connectivity index (χ1v) is 7.01. The van der Waals surface area contributed by atoms with E-state index in [1.54, 1.807) is 26.8 Å². The molecule has 0 unspecified atom stereocenters. The van der Waals surface area contributed by atoms with E-state index in [1.807, 2.05) is 0 Å². The fraction of sp³-hybridized carbons (Fsp3) is 0.294. The van der Waals surface area contributed by atoms with Gasteiger partial charge in [0.15, 0.2) is 5.76 Å². The number of aliphatic carboxylic acids is 4. The number of hydrogen-bond acceptors (Lipinski definition) is 5. The molecule has 0 amide bonds. The highest BCUT2D eigenvalue weighted by Gasteiger charge is 1.99. The van der Waals surface area contributed by atoms with E-state index in [0.29, 0.717) is 12.0 Å². The number of aliphatic hydroxyl groups is 1. The first-order valence-electron chi connectivity index (χ1n) is 7.01. The van der Waals surface area contributed by atoms with Crippen LogP contribution in [0.15, 0.2) is 48.3 Å². The third kappa shape index (κ3) is 32.5. The molecular formula is C17H26O9. The number of allylic oxidation sites excluding steroid dienone is 2. The molecule has 0 radical (unpaired) electrons. The fourth-order valence-electron chi connectivity index (χ4n) is 0.404. The van der Waals surface area contributed by atoms with Gasteiger partial charge in [0, 0.05) is 17.2 Å². The number of aliphatic hydroxyl groups excluding tert-OH is 1. The monoisotopic (exact) mass is 374 g/mol. The summed E-state index contributed by atoms with van der Waals surface area (Å²) in [4.78, 5) is 38.5. The molecule has 26 heavy (non-hydrogen) atoms. The smallest absolute Gasteiger partial charge is 0.370 e. The molecule has 0 spiro atoms.